The van der Waals surface area contributed by atoms with E-state index in [1.165, 1.54) is 38.8 Å². The molecule has 1 aromatic rings. The van der Waals surface area contributed by atoms with Crippen LogP contribution >= 0.6 is 0 Å². The summed E-state index contributed by atoms with van der Waals surface area (Å²) < 4.78 is 5.06. The third-order valence-electron chi connectivity index (χ3n) is 4.19. The van der Waals surface area contributed by atoms with Crippen molar-refractivity contribution in [2.45, 2.75) is 44.8 Å². The van der Waals surface area contributed by atoms with E-state index < -0.39 is 0 Å². The number of nitrogens with two attached hydrogens (primary N) is 1. The quantitative estimate of drug-likeness (QED) is 0.859. The Morgan fingerprint density at radius 3 is 2.79 bits per heavy atom. The maximum atomic E-state index is 5.48. The van der Waals surface area contributed by atoms with Crippen molar-refractivity contribution in [2.75, 3.05) is 26.2 Å². The van der Waals surface area contributed by atoms with Crippen molar-refractivity contribution in [3.8, 4) is 0 Å². The highest BCUT2D eigenvalue weighted by atomic mass is 16.5. The first-order chi connectivity index (χ1) is 9.35. The van der Waals surface area contributed by atoms with Crippen molar-refractivity contribution in [1.29, 1.82) is 0 Å². The van der Waals surface area contributed by atoms with Crippen LogP contribution in [-0.2, 0) is 13.1 Å². The van der Waals surface area contributed by atoms with Gasteiger partial charge in [-0.25, -0.2) is 0 Å². The Labute approximate surface area is 113 Å². The third-order valence-corrected chi connectivity index (χ3v) is 4.19. The molecule has 3 rings (SSSR count). The first-order valence-corrected chi connectivity index (χ1v) is 7.33. The first kappa shape index (κ1) is 13.0. The van der Waals surface area contributed by atoms with Crippen molar-refractivity contribution in [1.82, 2.24) is 19.9 Å². The van der Waals surface area contributed by atoms with Crippen LogP contribution in [0, 0.1) is 0 Å². The van der Waals surface area contributed by atoms with Gasteiger partial charge in [0, 0.05) is 12.6 Å². The summed E-state index contributed by atoms with van der Waals surface area (Å²) in [5.74, 6) is 1.30. The van der Waals surface area contributed by atoms with Crippen LogP contribution in [0.4, 0.5) is 0 Å². The lowest BCUT2D eigenvalue weighted by Gasteiger charge is -2.37. The molecule has 106 valence electrons. The smallest absolute Gasteiger partial charge is 0.240 e. The number of piperidine rings is 1. The highest BCUT2D eigenvalue weighted by Gasteiger charge is 2.27. The van der Waals surface area contributed by atoms with Crippen LogP contribution < -0.4 is 5.73 Å². The average Bonchev–Trinajstić information content (AvgIpc) is 3.10. The fraction of sp³-hybridized carbons (Fsp3) is 0.846. The molecular formula is C13H23N5O. The van der Waals surface area contributed by atoms with Crippen LogP contribution in [0.3, 0.4) is 0 Å². The molecule has 2 aliphatic rings. The van der Waals surface area contributed by atoms with Gasteiger partial charge in [0.1, 0.15) is 0 Å². The summed E-state index contributed by atoms with van der Waals surface area (Å²) in [7, 11) is 0. The second kappa shape index (κ2) is 5.98. The molecule has 1 atom stereocenters. The number of hydrogen-bond acceptors (Lipinski definition) is 6. The fourth-order valence-corrected chi connectivity index (χ4v) is 3.22. The van der Waals surface area contributed by atoms with Crippen molar-refractivity contribution in [2.24, 2.45) is 5.73 Å². The van der Waals surface area contributed by atoms with Gasteiger partial charge >= 0.3 is 0 Å². The number of aromatic nitrogens is 2. The second-order valence-corrected chi connectivity index (χ2v) is 5.58. The molecule has 0 bridgehead atoms. The van der Waals surface area contributed by atoms with Gasteiger partial charge in [-0.2, -0.15) is 4.98 Å². The summed E-state index contributed by atoms with van der Waals surface area (Å²) in [6.07, 6.45) is 5.32. The third kappa shape index (κ3) is 3.13. The zero-order valence-electron chi connectivity index (χ0n) is 11.4. The lowest BCUT2D eigenvalue weighted by Crippen LogP contribution is -2.46. The van der Waals surface area contributed by atoms with E-state index >= 15 is 0 Å². The van der Waals surface area contributed by atoms with E-state index in [1.54, 1.807) is 0 Å². The number of rotatable bonds is 4. The zero-order valence-corrected chi connectivity index (χ0v) is 11.4. The van der Waals surface area contributed by atoms with E-state index in [2.05, 4.69) is 19.9 Å². The van der Waals surface area contributed by atoms with Crippen LogP contribution in [0.5, 0.6) is 0 Å². The topological polar surface area (TPSA) is 71.4 Å². The molecule has 2 fully saturated rings. The molecule has 19 heavy (non-hydrogen) atoms. The van der Waals surface area contributed by atoms with Crippen LogP contribution in [-0.4, -0.2) is 52.2 Å². The monoisotopic (exact) mass is 265 g/mol. The Kier molecular flexibility index (Phi) is 4.10. The molecule has 2 N–H and O–H groups in total. The standard InChI is InChI=1S/C13H23N5O/c14-8-13-15-12(16-19-13)10-17-5-3-4-11(9-17)18-6-1-2-7-18/h11H,1-10,14H2. The van der Waals surface area contributed by atoms with Gasteiger partial charge in [0.25, 0.3) is 0 Å². The molecule has 0 spiro atoms. The maximum Gasteiger partial charge on any atom is 0.240 e. The fourth-order valence-electron chi connectivity index (χ4n) is 3.22. The minimum absolute atomic E-state index is 0.323. The highest BCUT2D eigenvalue weighted by Crippen LogP contribution is 2.21. The van der Waals surface area contributed by atoms with Crippen molar-refractivity contribution in [3.05, 3.63) is 11.7 Å². The summed E-state index contributed by atoms with van der Waals surface area (Å²) in [5.41, 5.74) is 5.48. The van der Waals surface area contributed by atoms with E-state index in [0.29, 0.717) is 12.4 Å². The van der Waals surface area contributed by atoms with Crippen LogP contribution in [0.2, 0.25) is 0 Å². The van der Waals surface area contributed by atoms with Gasteiger partial charge < -0.3 is 10.3 Å². The van der Waals surface area contributed by atoms with E-state index in [1.807, 2.05) is 0 Å². The number of hydrogen-bond donors (Lipinski definition) is 1. The summed E-state index contributed by atoms with van der Waals surface area (Å²) in [6.45, 7) is 5.93. The largest absolute Gasteiger partial charge is 0.338 e. The molecule has 0 saturated carbocycles. The van der Waals surface area contributed by atoms with E-state index in [-0.39, 0.29) is 0 Å². The Bertz CT molecular complexity index is 401. The molecule has 1 aromatic heterocycles. The molecule has 0 aromatic carbocycles. The van der Waals surface area contributed by atoms with Crippen molar-refractivity contribution in [3.63, 3.8) is 0 Å². The second-order valence-electron chi connectivity index (χ2n) is 5.58. The lowest BCUT2D eigenvalue weighted by molar-refractivity contribution is 0.108. The molecule has 0 aliphatic carbocycles. The van der Waals surface area contributed by atoms with Crippen LogP contribution in [0.1, 0.15) is 37.4 Å². The predicted octanol–water partition coefficient (Wildman–Crippen LogP) is 0.588. The molecule has 0 amide bonds. The molecule has 6 nitrogen and oxygen atoms in total. The molecule has 0 radical (unpaired) electrons. The summed E-state index contributed by atoms with van der Waals surface area (Å²) in [5, 5.41) is 3.98. The van der Waals surface area contributed by atoms with Gasteiger partial charge in [-0.15, -0.1) is 0 Å². The normalized spacial score (nSPS) is 26.1. The highest BCUT2D eigenvalue weighted by molar-refractivity contribution is 4.89. The molecule has 3 heterocycles. The van der Waals surface area contributed by atoms with E-state index in [0.717, 1.165) is 31.5 Å². The first-order valence-electron chi connectivity index (χ1n) is 7.33. The summed E-state index contributed by atoms with van der Waals surface area (Å²) >= 11 is 0. The van der Waals surface area contributed by atoms with Gasteiger partial charge in [0.05, 0.1) is 13.1 Å². The van der Waals surface area contributed by atoms with Crippen LogP contribution in [0.25, 0.3) is 0 Å². The zero-order chi connectivity index (χ0) is 13.1. The Morgan fingerprint density at radius 1 is 1.21 bits per heavy atom. The molecular weight excluding hydrogens is 242 g/mol. The van der Waals surface area contributed by atoms with Crippen LogP contribution in [0.15, 0.2) is 4.52 Å². The SMILES string of the molecule is NCc1nc(CN2CCCC(N3CCCC3)C2)no1. The summed E-state index contributed by atoms with van der Waals surface area (Å²) in [4.78, 5) is 9.38. The Hall–Kier alpha value is -0.980. The minimum atomic E-state index is 0.323. The van der Waals surface area contributed by atoms with Crippen molar-refractivity contribution >= 4 is 0 Å². The molecule has 2 saturated heterocycles. The van der Waals surface area contributed by atoms with Gasteiger partial charge in [-0.3, -0.25) is 9.80 Å². The van der Waals surface area contributed by atoms with Gasteiger partial charge in [0.15, 0.2) is 5.82 Å². The Morgan fingerprint density at radius 2 is 2.05 bits per heavy atom. The van der Waals surface area contributed by atoms with Gasteiger partial charge in [0.2, 0.25) is 5.89 Å². The lowest BCUT2D eigenvalue weighted by atomic mass is 10.0. The summed E-state index contributed by atoms with van der Waals surface area (Å²) in [6, 6.07) is 0.720. The van der Waals surface area contributed by atoms with E-state index in [4.69, 9.17) is 10.3 Å². The molecule has 6 heteroatoms. The van der Waals surface area contributed by atoms with Gasteiger partial charge in [-0.1, -0.05) is 5.16 Å². The average molecular weight is 265 g/mol. The minimum Gasteiger partial charge on any atom is -0.338 e. The van der Waals surface area contributed by atoms with Crippen molar-refractivity contribution < 1.29 is 4.52 Å². The van der Waals surface area contributed by atoms with Gasteiger partial charge in [-0.05, 0) is 45.3 Å². The predicted molar refractivity (Wildman–Crippen MR) is 71.3 cm³/mol. The molecule has 2 aliphatic heterocycles. The van der Waals surface area contributed by atoms with E-state index in [9.17, 15) is 0 Å². The maximum absolute atomic E-state index is 5.48. The molecule has 1 unspecified atom stereocenters. The number of nitrogens with zero attached hydrogens (tertiary/aromatic N) is 4. The number of likely N-dealkylation sites (tertiary alicyclic amines) is 2. The Balaban J connectivity index is 1.55.